The molecule has 380 valence electrons. The molecule has 0 aromatic rings. The Morgan fingerprint density at radius 3 is 1.41 bits per heavy atom. The number of primary amides is 3. The van der Waals surface area contributed by atoms with Gasteiger partial charge in [-0.05, 0) is 108 Å². The van der Waals surface area contributed by atoms with Crippen molar-refractivity contribution in [3.8, 4) is 0 Å². The van der Waals surface area contributed by atoms with Crippen molar-refractivity contribution in [2.24, 2.45) is 55.3 Å². The molecule has 0 saturated heterocycles. The van der Waals surface area contributed by atoms with Crippen molar-refractivity contribution in [3.05, 3.63) is 0 Å². The van der Waals surface area contributed by atoms with Gasteiger partial charge in [0, 0.05) is 126 Å². The quantitative estimate of drug-likeness (QED) is 0.0292. The smallest absolute Gasteiger partial charge is 0.315 e. The van der Waals surface area contributed by atoms with Crippen LogP contribution in [0, 0.1) is 52.8 Å². The van der Waals surface area contributed by atoms with Crippen LogP contribution in [0.4, 0.5) is 4.79 Å². The molecular weight excluding hydrogens is 1130 g/mol. The predicted octanol–water partition coefficient (Wildman–Crippen LogP) is -0.902. The van der Waals surface area contributed by atoms with Gasteiger partial charge < -0.3 is 49.5 Å². The molecule has 5 amide bonds. The van der Waals surface area contributed by atoms with E-state index in [2.05, 4.69) is 29.5 Å². The number of aliphatic hydroxyl groups is 2. The number of aliphatic hydroxyl groups excluding tert-OH is 2. The van der Waals surface area contributed by atoms with Gasteiger partial charge in [-0.25, -0.2) is 14.6 Å². The summed E-state index contributed by atoms with van der Waals surface area (Å²) in [6, 6.07) is -1.52. The SMILES string of the molecule is CC1(C[C@H](N)C(=O)CC2(C(O)C(N)=O)CCC2)CCCC1.CCN=C=O.CCNC(=O)N[C@@H](CC1(C)CCCC1)C(=O)CC1(C(=O)C(N)=O)CCC1.NC(=O)C(O)C1(N)CCC1.[B]B([B])B([B])B([B])[B].[U]. The first kappa shape index (κ1) is 68.5. The fourth-order valence-corrected chi connectivity index (χ4v) is 9.84. The van der Waals surface area contributed by atoms with E-state index in [0.29, 0.717) is 64.5 Å². The number of hydrogen-bond donors (Lipinski definition) is 9. The van der Waals surface area contributed by atoms with Gasteiger partial charge in [0.2, 0.25) is 23.7 Å². The second-order valence-corrected chi connectivity index (χ2v) is 20.9. The minimum Gasteiger partial charge on any atom is -0.383 e. The summed E-state index contributed by atoms with van der Waals surface area (Å²) in [6.07, 6.45) is 14.1. The third kappa shape index (κ3) is 22.1. The van der Waals surface area contributed by atoms with E-state index in [0.717, 1.165) is 57.8 Å². The van der Waals surface area contributed by atoms with Crippen molar-refractivity contribution in [2.45, 2.75) is 192 Å². The number of aliphatic imine (C=N–C) groups is 1. The fourth-order valence-electron chi connectivity index (χ4n) is 9.84. The number of carbonyl (C=O) groups is 7. The summed E-state index contributed by atoms with van der Waals surface area (Å²) < 4.78 is 0. The Morgan fingerprint density at radius 1 is 0.676 bits per heavy atom. The number of carbonyl (C=O) groups excluding carboxylic acids is 8. The summed E-state index contributed by atoms with van der Waals surface area (Å²) in [5.74, 6) is -3.31. The molecule has 5 aliphatic rings. The Balaban J connectivity index is 0.000000963. The number of nitrogens with zero attached hydrogens (tertiary/aromatic N) is 1. The first-order chi connectivity index (χ1) is 32.5. The zero-order valence-corrected chi connectivity index (χ0v) is 46.8. The van der Waals surface area contributed by atoms with Gasteiger partial charge >= 0.3 is 6.03 Å². The molecule has 71 heavy (non-hydrogen) atoms. The molecule has 0 aromatic heterocycles. The van der Waals surface area contributed by atoms with Crippen LogP contribution in [0.15, 0.2) is 4.99 Å². The van der Waals surface area contributed by atoms with E-state index in [1.807, 2.05) is 6.92 Å². The number of Topliss-reactive ketones (excluding diaryl/α,β-unsaturated/α-hetero) is 3. The van der Waals surface area contributed by atoms with Crippen molar-refractivity contribution in [3.63, 3.8) is 0 Å². The molecule has 27 heteroatoms. The fraction of sp³-hybridized carbons (Fsp3) is 0.818. The first-order valence-electron chi connectivity index (χ1n) is 24.8. The van der Waals surface area contributed by atoms with Crippen LogP contribution in [0.2, 0.25) is 0 Å². The van der Waals surface area contributed by atoms with E-state index in [-0.39, 0.29) is 72.4 Å². The molecule has 5 rings (SSSR count). The molecule has 0 spiro atoms. The molecule has 4 atom stereocenters. The topological polar surface area (TPSA) is 344 Å². The molecule has 2 unspecified atom stereocenters. The van der Waals surface area contributed by atoms with Crippen LogP contribution >= 0.6 is 0 Å². The van der Waals surface area contributed by atoms with Crippen molar-refractivity contribution in [2.75, 3.05) is 13.1 Å². The van der Waals surface area contributed by atoms with Gasteiger partial charge in [-0.1, -0.05) is 52.4 Å². The Hall–Kier alpha value is -2.52. The summed E-state index contributed by atoms with van der Waals surface area (Å²) in [7, 11) is 25.8. The van der Waals surface area contributed by atoms with Gasteiger partial charge in [-0.2, -0.15) is 0 Å². The average molecular weight is 1200 g/mol. The summed E-state index contributed by atoms with van der Waals surface area (Å²) in [4.78, 5) is 95.0. The number of amides is 5. The standard InChI is InChI=1S/C19H31N3O4.C16H28N2O3.C6H12N2O2.C3H5NO.B8.U/c1-3-21-17(26)22-13(11-18(2)7-4-5-8-18)14(23)12-19(9-6-10-19)15(24)16(20)25;1-15(5-2-3-6-15)9-11(17)12(19)10-16(7-4-8-16)13(20)14(18)21;7-5(10)4(9)6(8)2-1-3-6;1-2-4-3-5;1-6(2)8(5)7(3)4;/h13H,3-12H2,1-2H3,(H2,20,25)(H2,21,22,26);11,13,20H,2-10,17H2,1H3,(H2,18,21);4,9H,1-3,8H2,(H2,7,10);2H2,1H3;;/t13-;11-,13?;;;;/m00..../s1. The van der Waals surface area contributed by atoms with Gasteiger partial charge in [-0.3, -0.25) is 28.8 Å². The van der Waals surface area contributed by atoms with Crippen LogP contribution in [0.3, 0.4) is 0 Å². The van der Waals surface area contributed by atoms with E-state index in [4.69, 9.17) is 77.3 Å². The maximum absolute atomic E-state index is 13.0. The third-order valence-corrected chi connectivity index (χ3v) is 14.9. The van der Waals surface area contributed by atoms with Crippen molar-refractivity contribution in [1.82, 2.24) is 10.6 Å². The number of nitrogens with one attached hydrogen (secondary N) is 2. The van der Waals surface area contributed by atoms with Crippen LogP contribution in [-0.2, 0) is 33.6 Å². The van der Waals surface area contributed by atoms with Crippen LogP contribution in [0.5, 0.6) is 0 Å². The zero-order valence-electron chi connectivity index (χ0n) is 42.7. The van der Waals surface area contributed by atoms with E-state index in [1.54, 1.807) is 6.92 Å². The molecule has 0 bridgehead atoms. The second-order valence-electron chi connectivity index (χ2n) is 20.9. The monoisotopic (exact) mass is 1200 g/mol. The second kappa shape index (κ2) is 32.0. The number of nitrogens with two attached hydrogens (primary N) is 5. The number of rotatable bonds is 21. The number of ketones is 3. The molecule has 5 aliphatic carbocycles. The normalized spacial score (nSPS) is 20.3. The molecule has 5 saturated carbocycles. The van der Waals surface area contributed by atoms with Crippen LogP contribution in [0.25, 0.3) is 0 Å². The summed E-state index contributed by atoms with van der Waals surface area (Å²) >= 11 is 0. The van der Waals surface area contributed by atoms with E-state index in [9.17, 15) is 38.7 Å². The van der Waals surface area contributed by atoms with E-state index in [1.165, 1.54) is 18.9 Å². The average Bonchev–Trinajstić information content (AvgIpc) is 3.89. The number of isocyanates is 1. The Kier molecular flexibility index (Phi) is 30.9. The maximum Gasteiger partial charge on any atom is 0.315 e. The third-order valence-electron chi connectivity index (χ3n) is 14.9. The first-order valence-corrected chi connectivity index (χ1v) is 24.8. The van der Waals surface area contributed by atoms with Crippen LogP contribution < -0.4 is 39.3 Å². The Morgan fingerprint density at radius 2 is 1.13 bits per heavy atom. The molecule has 0 heterocycles. The Bertz CT molecular complexity index is 1790. The molecule has 5 fully saturated rings. The van der Waals surface area contributed by atoms with Gasteiger partial charge in [0.15, 0.2) is 5.78 Å². The van der Waals surface area contributed by atoms with E-state index >= 15 is 0 Å². The molecule has 10 radical (unpaired) electrons. The molecule has 14 N–H and O–H groups in total. The largest absolute Gasteiger partial charge is 0.383 e. The van der Waals surface area contributed by atoms with Crippen molar-refractivity contribution >= 4 is 105 Å². The Labute approximate surface area is 453 Å². The van der Waals surface area contributed by atoms with E-state index < -0.39 is 83.3 Å². The van der Waals surface area contributed by atoms with Crippen LogP contribution in [0.1, 0.15) is 163 Å². The van der Waals surface area contributed by atoms with Crippen molar-refractivity contribution < 1.29 is 79.7 Å². The summed E-state index contributed by atoms with van der Waals surface area (Å²) in [5.41, 5.74) is 24.8. The van der Waals surface area contributed by atoms with Crippen LogP contribution in [-0.4, -0.2) is 158 Å². The predicted molar refractivity (Wildman–Crippen MR) is 278 cm³/mol. The van der Waals surface area contributed by atoms with Gasteiger partial charge in [0.05, 0.1) is 17.6 Å². The molecule has 0 aromatic carbocycles. The van der Waals surface area contributed by atoms with Crippen molar-refractivity contribution in [1.29, 1.82) is 0 Å². The molecule has 18 nitrogen and oxygen atoms in total. The maximum atomic E-state index is 13.0. The summed E-state index contributed by atoms with van der Waals surface area (Å²) in [5, 5.41) is 24.5. The minimum absolute atomic E-state index is 0. The van der Waals surface area contributed by atoms with Gasteiger partial charge in [0.25, 0.3) is 5.91 Å². The number of hydrogen-bond acceptors (Lipinski definition) is 13. The minimum atomic E-state index is -1.23. The molecule has 0 aliphatic heterocycles. The summed E-state index contributed by atoms with van der Waals surface area (Å²) in [6.45, 7) is 8.95. The zero-order chi connectivity index (χ0) is 53.7. The molecular formula is C44H76B8N8O10U. The number of urea groups is 1. The van der Waals surface area contributed by atoms with Gasteiger partial charge in [0.1, 0.15) is 18.0 Å². The van der Waals surface area contributed by atoms with Gasteiger partial charge in [-0.15, -0.1) is 0 Å².